The molecule has 1 aromatic rings. The van der Waals surface area contributed by atoms with Crippen LogP contribution >= 0.6 is 0 Å². The second kappa shape index (κ2) is 2.90. The second-order valence-electron chi connectivity index (χ2n) is 2.81. The van der Waals surface area contributed by atoms with Crippen molar-refractivity contribution in [2.45, 2.75) is 0 Å². The third-order valence-corrected chi connectivity index (χ3v) is 1.92. The molecule has 0 aromatic heterocycles. The van der Waals surface area contributed by atoms with E-state index in [1.807, 2.05) is 24.3 Å². The molecule has 2 heteroatoms. The van der Waals surface area contributed by atoms with E-state index in [1.165, 1.54) is 6.21 Å². The predicted molar refractivity (Wildman–Crippen MR) is 53.0 cm³/mol. The van der Waals surface area contributed by atoms with Crippen LogP contribution in [-0.2, 0) is 0 Å². The molecule has 1 aliphatic rings. The van der Waals surface area contributed by atoms with Gasteiger partial charge in [0.05, 0.1) is 6.21 Å². The van der Waals surface area contributed by atoms with Gasteiger partial charge in [-0.3, -0.25) is 0 Å². The Morgan fingerprint density at radius 2 is 2.08 bits per heavy atom. The molecule has 0 saturated carbocycles. The predicted octanol–water partition coefficient (Wildman–Crippen LogP) is 2.63. The highest BCUT2D eigenvalue weighted by atomic mass is 16.5. The van der Waals surface area contributed by atoms with Crippen LogP contribution in [0.25, 0.3) is 5.57 Å². The smallest absolute Gasteiger partial charge is 0.145 e. The van der Waals surface area contributed by atoms with E-state index in [0.717, 1.165) is 16.9 Å². The van der Waals surface area contributed by atoms with Crippen LogP contribution in [-0.4, -0.2) is 6.21 Å². The molecule has 0 amide bonds. The van der Waals surface area contributed by atoms with Crippen molar-refractivity contribution in [1.29, 1.82) is 5.41 Å². The van der Waals surface area contributed by atoms with E-state index in [0.29, 0.717) is 5.76 Å². The maximum Gasteiger partial charge on any atom is 0.145 e. The van der Waals surface area contributed by atoms with Crippen LogP contribution in [0.4, 0.5) is 0 Å². The summed E-state index contributed by atoms with van der Waals surface area (Å²) >= 11 is 0. The van der Waals surface area contributed by atoms with Crippen LogP contribution in [0.2, 0.25) is 0 Å². The van der Waals surface area contributed by atoms with E-state index in [2.05, 4.69) is 6.58 Å². The number of ether oxygens (including phenoxy) is 1. The van der Waals surface area contributed by atoms with E-state index in [9.17, 15) is 0 Å². The fourth-order valence-corrected chi connectivity index (χ4v) is 1.30. The molecular weight excluding hydrogens is 162 g/mol. The minimum absolute atomic E-state index is 0.531. The number of nitrogens with one attached hydrogen (secondary N) is 1. The van der Waals surface area contributed by atoms with Gasteiger partial charge in [-0.15, -0.1) is 0 Å². The van der Waals surface area contributed by atoms with Gasteiger partial charge >= 0.3 is 0 Å². The lowest BCUT2D eigenvalue weighted by Crippen LogP contribution is -2.03. The van der Waals surface area contributed by atoms with Gasteiger partial charge in [-0.1, -0.05) is 24.8 Å². The Morgan fingerprint density at radius 1 is 1.31 bits per heavy atom. The van der Waals surface area contributed by atoms with Crippen LogP contribution < -0.4 is 4.74 Å². The van der Waals surface area contributed by atoms with Gasteiger partial charge in [-0.05, 0) is 17.7 Å². The quantitative estimate of drug-likeness (QED) is 0.647. The fourth-order valence-electron chi connectivity index (χ4n) is 1.30. The molecule has 13 heavy (non-hydrogen) atoms. The zero-order valence-corrected chi connectivity index (χ0v) is 7.08. The molecule has 0 atom stereocenters. The number of hydrogen-bond acceptors (Lipinski definition) is 2. The molecule has 1 aromatic carbocycles. The molecule has 0 radical (unpaired) electrons. The number of para-hydroxylation sites is 1. The van der Waals surface area contributed by atoms with Crippen molar-refractivity contribution in [3.63, 3.8) is 0 Å². The lowest BCUT2D eigenvalue weighted by atomic mass is 10.0. The first-order chi connectivity index (χ1) is 6.31. The molecule has 0 saturated heterocycles. The van der Waals surface area contributed by atoms with Crippen LogP contribution in [0.1, 0.15) is 5.56 Å². The number of hydrogen-bond donors (Lipinski definition) is 1. The maximum absolute atomic E-state index is 7.07. The standard InChI is InChI=1S/C11H9NO/c1-8-6-9(7-12)13-11-5-3-2-4-10(8)11/h2-7,12H,1H2. The lowest BCUT2D eigenvalue weighted by molar-refractivity contribution is 0.451. The number of fused-ring (bicyclic) bond motifs is 1. The fraction of sp³-hybridized carbons (Fsp3) is 0. The molecule has 64 valence electrons. The van der Waals surface area contributed by atoms with Gasteiger partial charge in [-0.25, -0.2) is 0 Å². The Labute approximate surface area is 76.7 Å². The number of rotatable bonds is 1. The van der Waals surface area contributed by atoms with E-state index in [4.69, 9.17) is 10.1 Å². The first-order valence-electron chi connectivity index (χ1n) is 3.99. The van der Waals surface area contributed by atoms with Crippen LogP contribution in [0.3, 0.4) is 0 Å². The minimum atomic E-state index is 0.531. The SMILES string of the molecule is C=C1C=C(C=N)Oc2ccccc21. The normalized spacial score (nSPS) is 14.2. The van der Waals surface area contributed by atoms with Gasteiger partial charge in [0.15, 0.2) is 0 Å². The topological polar surface area (TPSA) is 33.1 Å². The first-order valence-corrected chi connectivity index (χ1v) is 3.99. The Kier molecular flexibility index (Phi) is 1.74. The van der Waals surface area contributed by atoms with Gasteiger partial charge in [-0.2, -0.15) is 0 Å². The van der Waals surface area contributed by atoms with E-state index in [-0.39, 0.29) is 0 Å². The maximum atomic E-state index is 7.07. The van der Waals surface area contributed by atoms with Crippen molar-refractivity contribution in [3.8, 4) is 5.75 Å². The first kappa shape index (κ1) is 7.80. The summed E-state index contributed by atoms with van der Waals surface area (Å²) in [6.45, 7) is 3.89. The van der Waals surface area contributed by atoms with Crippen molar-refractivity contribution in [1.82, 2.24) is 0 Å². The Balaban J connectivity index is 2.51. The van der Waals surface area contributed by atoms with Gasteiger partial charge in [0.1, 0.15) is 11.5 Å². The summed E-state index contributed by atoms with van der Waals surface area (Å²) in [6, 6.07) is 7.67. The number of allylic oxidation sites excluding steroid dienone is 3. The van der Waals surface area contributed by atoms with Gasteiger partial charge < -0.3 is 10.1 Å². The molecule has 0 bridgehead atoms. The molecule has 1 N–H and O–H groups in total. The summed E-state index contributed by atoms with van der Waals surface area (Å²) < 4.78 is 5.41. The van der Waals surface area contributed by atoms with Crippen LogP contribution in [0, 0.1) is 5.41 Å². The van der Waals surface area contributed by atoms with Crippen molar-refractivity contribution < 1.29 is 4.74 Å². The van der Waals surface area contributed by atoms with Gasteiger partial charge in [0, 0.05) is 5.56 Å². The molecular formula is C11H9NO. The minimum Gasteiger partial charge on any atom is -0.455 e. The van der Waals surface area contributed by atoms with Crippen molar-refractivity contribution in [2.75, 3.05) is 0 Å². The van der Waals surface area contributed by atoms with E-state index >= 15 is 0 Å². The molecule has 2 nitrogen and oxygen atoms in total. The summed E-state index contributed by atoms with van der Waals surface area (Å²) in [6.07, 6.45) is 2.94. The van der Waals surface area contributed by atoms with Crippen molar-refractivity contribution >= 4 is 11.8 Å². The average Bonchev–Trinajstić information content (AvgIpc) is 2.18. The van der Waals surface area contributed by atoms with Crippen molar-refractivity contribution in [3.05, 3.63) is 48.2 Å². The van der Waals surface area contributed by atoms with E-state index in [1.54, 1.807) is 6.08 Å². The monoisotopic (exact) mass is 171 g/mol. The summed E-state index contributed by atoms with van der Waals surface area (Å²) in [5.41, 5.74) is 1.88. The van der Waals surface area contributed by atoms with E-state index < -0.39 is 0 Å². The summed E-state index contributed by atoms with van der Waals surface area (Å²) in [7, 11) is 0. The van der Waals surface area contributed by atoms with Crippen LogP contribution in [0.15, 0.2) is 42.7 Å². The molecule has 0 fully saturated rings. The Bertz CT molecular complexity index is 404. The molecule has 0 aliphatic carbocycles. The number of benzene rings is 1. The van der Waals surface area contributed by atoms with Gasteiger partial charge in [0.2, 0.25) is 0 Å². The lowest BCUT2D eigenvalue weighted by Gasteiger charge is -2.16. The Morgan fingerprint density at radius 3 is 2.85 bits per heavy atom. The molecule has 2 rings (SSSR count). The van der Waals surface area contributed by atoms with Gasteiger partial charge in [0.25, 0.3) is 0 Å². The van der Waals surface area contributed by atoms with Crippen molar-refractivity contribution in [2.24, 2.45) is 0 Å². The average molecular weight is 171 g/mol. The summed E-state index contributed by atoms with van der Waals surface area (Å²) in [5, 5.41) is 7.07. The molecule has 1 heterocycles. The summed E-state index contributed by atoms with van der Waals surface area (Å²) in [4.78, 5) is 0. The highest BCUT2D eigenvalue weighted by Gasteiger charge is 2.12. The molecule has 0 spiro atoms. The third kappa shape index (κ3) is 1.26. The molecule has 0 unspecified atom stereocenters. The Hall–Kier alpha value is -1.83. The zero-order chi connectivity index (χ0) is 9.26. The molecule has 1 aliphatic heterocycles. The summed E-state index contributed by atoms with van der Waals surface area (Å²) in [5.74, 6) is 1.30. The second-order valence-corrected chi connectivity index (χ2v) is 2.81. The highest BCUT2D eigenvalue weighted by molar-refractivity contribution is 5.86. The highest BCUT2D eigenvalue weighted by Crippen LogP contribution is 2.31. The van der Waals surface area contributed by atoms with Crippen LogP contribution in [0.5, 0.6) is 5.75 Å². The zero-order valence-electron chi connectivity index (χ0n) is 7.08. The third-order valence-electron chi connectivity index (χ3n) is 1.92. The largest absolute Gasteiger partial charge is 0.455 e.